The molecule has 0 aliphatic rings. The van der Waals surface area contributed by atoms with Crippen molar-refractivity contribution in [3.8, 4) is 5.75 Å². The standard InChI is InChI=1S/C7H5ClFIO/c1-11-7-4(9)2-3-5(10)6(7)8/h2-3H,1H3. The number of halogens is 3. The predicted molar refractivity (Wildman–Crippen MR) is 50.7 cm³/mol. The van der Waals surface area contributed by atoms with Crippen LogP contribution >= 0.6 is 34.2 Å². The summed E-state index contributed by atoms with van der Waals surface area (Å²) in [7, 11) is 1.39. The number of hydrogen-bond acceptors (Lipinski definition) is 1. The zero-order valence-electron chi connectivity index (χ0n) is 5.70. The highest BCUT2D eigenvalue weighted by molar-refractivity contribution is 14.1. The van der Waals surface area contributed by atoms with Crippen LogP contribution < -0.4 is 4.74 Å². The van der Waals surface area contributed by atoms with Gasteiger partial charge < -0.3 is 4.74 Å². The fraction of sp³-hybridized carbons (Fsp3) is 0.143. The molecule has 0 aliphatic heterocycles. The van der Waals surface area contributed by atoms with Gasteiger partial charge >= 0.3 is 0 Å². The summed E-state index contributed by atoms with van der Waals surface area (Å²) in [5.74, 6) is -0.323. The lowest BCUT2D eigenvalue weighted by Crippen LogP contribution is -1.90. The molecule has 0 spiro atoms. The van der Waals surface area contributed by atoms with Crippen molar-refractivity contribution in [1.82, 2.24) is 0 Å². The van der Waals surface area contributed by atoms with Crippen molar-refractivity contribution >= 4 is 34.2 Å². The Bertz CT molecular complexity index is 277. The minimum absolute atomic E-state index is 0.110. The Hall–Kier alpha value is -0.0300. The van der Waals surface area contributed by atoms with Crippen molar-refractivity contribution in [3.63, 3.8) is 0 Å². The van der Waals surface area contributed by atoms with Crippen LogP contribution in [0.25, 0.3) is 0 Å². The molecule has 0 radical (unpaired) electrons. The average Bonchev–Trinajstić information content (AvgIpc) is 1.99. The van der Waals surface area contributed by atoms with E-state index in [0.717, 1.165) is 3.57 Å². The van der Waals surface area contributed by atoms with Gasteiger partial charge in [0, 0.05) is 3.57 Å². The minimum Gasteiger partial charge on any atom is -0.492 e. The molecule has 0 aliphatic carbocycles. The molecule has 0 aromatic heterocycles. The summed E-state index contributed by atoms with van der Waals surface area (Å²) in [5, 5.41) is 0.327. The van der Waals surface area contributed by atoms with Gasteiger partial charge in [0.15, 0.2) is 11.6 Å². The second-order valence-corrected chi connectivity index (χ2v) is 3.42. The number of hydrogen-bond donors (Lipinski definition) is 0. The predicted octanol–water partition coefficient (Wildman–Crippen LogP) is 3.09. The van der Waals surface area contributed by atoms with E-state index in [4.69, 9.17) is 16.3 Å². The summed E-state index contributed by atoms with van der Waals surface area (Å²) in [6.45, 7) is 0. The summed E-state index contributed by atoms with van der Waals surface area (Å²) >= 11 is 7.74. The molecule has 1 rings (SSSR count). The van der Waals surface area contributed by atoms with E-state index in [0.29, 0.717) is 5.02 Å². The molecule has 0 N–H and O–H groups in total. The second-order valence-electron chi connectivity index (χ2n) is 1.88. The van der Waals surface area contributed by atoms with E-state index in [-0.39, 0.29) is 5.75 Å². The maximum absolute atomic E-state index is 12.8. The fourth-order valence-electron chi connectivity index (χ4n) is 0.696. The first-order valence-corrected chi connectivity index (χ1v) is 4.30. The first kappa shape index (κ1) is 9.06. The van der Waals surface area contributed by atoms with E-state index >= 15 is 0 Å². The molecular weight excluding hydrogens is 281 g/mol. The van der Waals surface area contributed by atoms with Gasteiger partial charge in [0.2, 0.25) is 0 Å². The summed E-state index contributed by atoms with van der Waals surface area (Å²) in [6.07, 6.45) is 0. The third kappa shape index (κ3) is 1.76. The third-order valence-electron chi connectivity index (χ3n) is 1.21. The summed E-state index contributed by atoms with van der Waals surface area (Å²) in [5.41, 5.74) is 0. The van der Waals surface area contributed by atoms with Crippen LogP contribution in [-0.4, -0.2) is 7.11 Å². The quantitative estimate of drug-likeness (QED) is 0.569. The summed E-state index contributed by atoms with van der Waals surface area (Å²) < 4.78 is 18.3. The van der Waals surface area contributed by atoms with Gasteiger partial charge in [-0.25, -0.2) is 4.39 Å². The van der Waals surface area contributed by atoms with Gasteiger partial charge in [-0.05, 0) is 34.7 Å². The summed E-state index contributed by atoms with van der Waals surface area (Å²) in [4.78, 5) is 0. The Kier molecular flexibility index (Phi) is 2.95. The number of ether oxygens (including phenoxy) is 1. The van der Waals surface area contributed by atoms with Crippen molar-refractivity contribution < 1.29 is 9.13 Å². The molecule has 1 nitrogen and oxygen atoms in total. The molecule has 4 heteroatoms. The monoisotopic (exact) mass is 286 g/mol. The molecule has 1 aromatic carbocycles. The first-order valence-electron chi connectivity index (χ1n) is 2.84. The molecule has 0 saturated heterocycles. The Balaban J connectivity index is 3.29. The lowest BCUT2D eigenvalue weighted by Gasteiger charge is -2.04. The van der Waals surface area contributed by atoms with Crippen molar-refractivity contribution in [2.45, 2.75) is 0 Å². The van der Waals surface area contributed by atoms with E-state index in [1.165, 1.54) is 13.2 Å². The van der Waals surface area contributed by atoms with E-state index in [2.05, 4.69) is 0 Å². The molecule has 0 heterocycles. The van der Waals surface area contributed by atoms with E-state index in [1.807, 2.05) is 22.6 Å². The van der Waals surface area contributed by atoms with Crippen LogP contribution in [0.3, 0.4) is 0 Å². The van der Waals surface area contributed by atoms with Gasteiger partial charge in [-0.15, -0.1) is 0 Å². The zero-order chi connectivity index (χ0) is 8.43. The van der Waals surface area contributed by atoms with Crippen molar-refractivity contribution in [2.75, 3.05) is 7.11 Å². The number of methoxy groups -OCH3 is 1. The highest BCUT2D eigenvalue weighted by Gasteiger charge is 2.09. The molecule has 0 fully saturated rings. The van der Waals surface area contributed by atoms with Crippen molar-refractivity contribution in [2.24, 2.45) is 0 Å². The number of rotatable bonds is 1. The Morgan fingerprint density at radius 1 is 1.55 bits per heavy atom. The van der Waals surface area contributed by atoms with Crippen LogP contribution in [-0.2, 0) is 0 Å². The van der Waals surface area contributed by atoms with Gasteiger partial charge in [-0.1, -0.05) is 11.6 Å². The Labute approximate surface area is 82.6 Å². The molecule has 0 bridgehead atoms. The highest BCUT2D eigenvalue weighted by Crippen LogP contribution is 2.31. The van der Waals surface area contributed by atoms with Crippen LogP contribution in [0.15, 0.2) is 12.1 Å². The van der Waals surface area contributed by atoms with Gasteiger partial charge in [-0.3, -0.25) is 0 Å². The van der Waals surface area contributed by atoms with Gasteiger partial charge in [-0.2, -0.15) is 0 Å². The van der Waals surface area contributed by atoms with Gasteiger partial charge in [0.1, 0.15) is 0 Å². The minimum atomic E-state index is -0.432. The molecular formula is C7H5ClFIO. The lowest BCUT2D eigenvalue weighted by atomic mass is 10.3. The maximum Gasteiger partial charge on any atom is 0.174 e. The Morgan fingerprint density at radius 2 is 2.18 bits per heavy atom. The topological polar surface area (TPSA) is 9.23 Å². The van der Waals surface area contributed by atoms with Crippen LogP contribution in [0.1, 0.15) is 0 Å². The van der Waals surface area contributed by atoms with Gasteiger partial charge in [0.25, 0.3) is 0 Å². The van der Waals surface area contributed by atoms with E-state index in [9.17, 15) is 4.39 Å². The molecule has 11 heavy (non-hydrogen) atoms. The normalized spacial score (nSPS) is 9.82. The lowest BCUT2D eigenvalue weighted by molar-refractivity contribution is 0.386. The molecule has 0 unspecified atom stereocenters. The van der Waals surface area contributed by atoms with Crippen LogP contribution in [0.5, 0.6) is 5.75 Å². The van der Waals surface area contributed by atoms with Crippen LogP contribution in [0, 0.1) is 9.39 Å². The maximum atomic E-state index is 12.8. The van der Waals surface area contributed by atoms with Crippen LogP contribution in [0.4, 0.5) is 4.39 Å². The largest absolute Gasteiger partial charge is 0.492 e. The van der Waals surface area contributed by atoms with Crippen molar-refractivity contribution in [1.29, 1.82) is 0 Å². The number of benzene rings is 1. The van der Waals surface area contributed by atoms with Gasteiger partial charge in [0.05, 0.1) is 12.1 Å². The highest BCUT2D eigenvalue weighted by atomic mass is 127. The smallest absolute Gasteiger partial charge is 0.174 e. The van der Waals surface area contributed by atoms with E-state index < -0.39 is 5.82 Å². The summed E-state index contributed by atoms with van der Waals surface area (Å²) in [6, 6.07) is 2.92. The molecule has 60 valence electrons. The van der Waals surface area contributed by atoms with E-state index in [1.54, 1.807) is 6.07 Å². The van der Waals surface area contributed by atoms with Crippen LogP contribution in [0.2, 0.25) is 5.02 Å². The average molecular weight is 286 g/mol. The zero-order valence-corrected chi connectivity index (χ0v) is 8.61. The fourth-order valence-corrected chi connectivity index (χ4v) is 1.35. The van der Waals surface area contributed by atoms with Crippen molar-refractivity contribution in [3.05, 3.63) is 26.5 Å². The Morgan fingerprint density at radius 3 is 2.64 bits per heavy atom. The molecule has 0 saturated carbocycles. The molecule has 1 aromatic rings. The first-order chi connectivity index (χ1) is 5.16. The third-order valence-corrected chi connectivity index (χ3v) is 2.80. The molecule has 0 atom stereocenters. The second kappa shape index (κ2) is 3.58. The SMILES string of the molecule is COc1c(F)ccc(I)c1Cl. The molecule has 0 amide bonds.